The minimum absolute atomic E-state index is 0.0121. The van der Waals surface area contributed by atoms with Crippen LogP contribution in [0.2, 0.25) is 0 Å². The normalized spacial score (nSPS) is 17.3. The molecule has 0 aliphatic carbocycles. The number of carbonyl (C=O) groups is 1. The van der Waals surface area contributed by atoms with Gasteiger partial charge in [0.2, 0.25) is 6.41 Å². The number of hydrogen-bond acceptors (Lipinski definition) is 7. The number of halogens is 1. The van der Waals surface area contributed by atoms with E-state index >= 15 is 0 Å². The number of likely N-dealkylation sites (N-methyl/N-ethyl adjacent to an activating group) is 1. The van der Waals surface area contributed by atoms with Crippen LogP contribution in [-0.4, -0.2) is 67.3 Å². The standard InChI is InChI=1S/C21H21BrN4O6S/c1-23-7-8-24(13-27)20(12-23)17-11-25(19-5-3-14(26(28)29)9-16(17)19)33(30,31)21-6-4-15(32-2)10-18(21)22/h3-6,9-11,13,20H,7-8,12H2,1-2H3. The summed E-state index contributed by atoms with van der Waals surface area (Å²) in [5.74, 6) is 0.487. The maximum atomic E-state index is 13.7. The molecule has 3 aromatic rings. The highest BCUT2D eigenvalue weighted by Crippen LogP contribution is 2.37. The average Bonchev–Trinajstić information content (AvgIpc) is 3.18. The Morgan fingerprint density at radius 2 is 1.97 bits per heavy atom. The molecule has 1 aromatic heterocycles. The second-order valence-corrected chi connectivity index (χ2v) is 10.4. The Kier molecular flexibility index (Phi) is 6.16. The maximum Gasteiger partial charge on any atom is 0.270 e. The first-order valence-electron chi connectivity index (χ1n) is 9.95. The number of nitro benzene ring substituents is 1. The number of hydrogen-bond donors (Lipinski definition) is 0. The van der Waals surface area contributed by atoms with Crippen molar-refractivity contribution in [3.8, 4) is 5.75 Å². The molecule has 0 N–H and O–H groups in total. The molecule has 2 heterocycles. The number of carbonyl (C=O) groups excluding carboxylic acids is 1. The largest absolute Gasteiger partial charge is 0.497 e. The number of non-ortho nitro benzene ring substituents is 1. The van der Waals surface area contributed by atoms with Crippen LogP contribution in [0.1, 0.15) is 11.6 Å². The summed E-state index contributed by atoms with van der Waals surface area (Å²) in [7, 11) is -0.700. The van der Waals surface area contributed by atoms with Gasteiger partial charge < -0.3 is 14.5 Å². The van der Waals surface area contributed by atoms with E-state index in [1.807, 2.05) is 11.9 Å². The Hall–Kier alpha value is -2.96. The van der Waals surface area contributed by atoms with Crippen molar-refractivity contribution in [1.29, 1.82) is 0 Å². The number of fused-ring (bicyclic) bond motifs is 1. The molecule has 1 fully saturated rings. The molecule has 10 nitrogen and oxygen atoms in total. The number of nitro groups is 1. The molecule has 0 saturated carbocycles. The Balaban J connectivity index is 1.96. The number of rotatable bonds is 6. The Labute approximate surface area is 198 Å². The highest BCUT2D eigenvalue weighted by atomic mass is 79.9. The van der Waals surface area contributed by atoms with Gasteiger partial charge in [0, 0.05) is 53.4 Å². The van der Waals surface area contributed by atoms with Crippen LogP contribution in [0.3, 0.4) is 0 Å². The van der Waals surface area contributed by atoms with Crippen LogP contribution >= 0.6 is 15.9 Å². The number of methoxy groups -OCH3 is 1. The van der Waals surface area contributed by atoms with Crippen LogP contribution < -0.4 is 4.74 Å². The number of amides is 1. The van der Waals surface area contributed by atoms with Crippen LogP contribution in [0.25, 0.3) is 10.9 Å². The third kappa shape index (κ3) is 4.09. The van der Waals surface area contributed by atoms with Gasteiger partial charge in [-0.1, -0.05) is 0 Å². The summed E-state index contributed by atoms with van der Waals surface area (Å²) in [6.45, 7) is 1.60. The smallest absolute Gasteiger partial charge is 0.270 e. The van der Waals surface area contributed by atoms with E-state index < -0.39 is 21.0 Å². The van der Waals surface area contributed by atoms with E-state index in [0.717, 1.165) is 10.4 Å². The van der Waals surface area contributed by atoms with Gasteiger partial charge >= 0.3 is 0 Å². The highest BCUT2D eigenvalue weighted by Gasteiger charge is 2.32. The van der Waals surface area contributed by atoms with Gasteiger partial charge in [-0.15, -0.1) is 0 Å². The predicted molar refractivity (Wildman–Crippen MR) is 125 cm³/mol. The first-order valence-corrected chi connectivity index (χ1v) is 12.2. The molecule has 33 heavy (non-hydrogen) atoms. The quantitative estimate of drug-likeness (QED) is 0.270. The van der Waals surface area contributed by atoms with Crippen LogP contribution in [0.5, 0.6) is 5.75 Å². The molecule has 1 aliphatic heterocycles. The second-order valence-electron chi connectivity index (χ2n) is 7.76. The molecule has 2 aromatic carbocycles. The van der Waals surface area contributed by atoms with Crippen molar-refractivity contribution in [2.45, 2.75) is 10.9 Å². The summed E-state index contributed by atoms with van der Waals surface area (Å²) < 4.78 is 33.9. The van der Waals surface area contributed by atoms with E-state index in [1.54, 1.807) is 17.0 Å². The lowest BCUT2D eigenvalue weighted by molar-refractivity contribution is -0.384. The van der Waals surface area contributed by atoms with Crippen molar-refractivity contribution >= 4 is 49.0 Å². The van der Waals surface area contributed by atoms with Gasteiger partial charge in [0.15, 0.2) is 0 Å². The molecular formula is C21H21BrN4O6S. The molecule has 0 bridgehead atoms. The van der Waals surface area contributed by atoms with Crippen molar-refractivity contribution < 1.29 is 22.9 Å². The zero-order chi connectivity index (χ0) is 23.9. The molecule has 0 radical (unpaired) electrons. The SMILES string of the molecule is COc1ccc(S(=O)(=O)n2cc(C3CN(C)CCN3C=O)c3cc([N+](=O)[O-])ccc32)c(Br)c1. The minimum Gasteiger partial charge on any atom is -0.497 e. The van der Waals surface area contributed by atoms with E-state index in [9.17, 15) is 23.3 Å². The number of benzene rings is 2. The van der Waals surface area contributed by atoms with Gasteiger partial charge in [-0.05, 0) is 47.2 Å². The van der Waals surface area contributed by atoms with Gasteiger partial charge in [-0.25, -0.2) is 12.4 Å². The minimum atomic E-state index is -4.09. The van der Waals surface area contributed by atoms with Crippen molar-refractivity contribution in [3.05, 3.63) is 62.7 Å². The van der Waals surface area contributed by atoms with Crippen LogP contribution in [0, 0.1) is 10.1 Å². The lowest BCUT2D eigenvalue weighted by atomic mass is 10.0. The second kappa shape index (κ2) is 8.76. The summed E-state index contributed by atoms with van der Waals surface area (Å²) in [6.07, 6.45) is 2.19. The average molecular weight is 537 g/mol. The number of aromatic nitrogens is 1. The van der Waals surface area contributed by atoms with Gasteiger partial charge in [-0.3, -0.25) is 14.9 Å². The predicted octanol–water partition coefficient (Wildman–Crippen LogP) is 3.00. The Morgan fingerprint density at radius 1 is 1.21 bits per heavy atom. The van der Waals surface area contributed by atoms with Gasteiger partial charge in [-0.2, -0.15) is 0 Å². The molecule has 1 atom stereocenters. The molecule has 4 rings (SSSR count). The van der Waals surface area contributed by atoms with E-state index in [2.05, 4.69) is 15.9 Å². The first-order chi connectivity index (χ1) is 15.7. The summed E-state index contributed by atoms with van der Waals surface area (Å²) >= 11 is 3.30. The molecular weight excluding hydrogens is 516 g/mol. The summed E-state index contributed by atoms with van der Waals surface area (Å²) in [4.78, 5) is 26.3. The Bertz CT molecular complexity index is 1360. The van der Waals surface area contributed by atoms with Crippen molar-refractivity contribution in [1.82, 2.24) is 13.8 Å². The van der Waals surface area contributed by atoms with Gasteiger partial charge in [0.25, 0.3) is 15.7 Å². The zero-order valence-electron chi connectivity index (χ0n) is 17.8. The fourth-order valence-corrected chi connectivity index (χ4v) is 6.45. The molecule has 1 aliphatic rings. The van der Waals surface area contributed by atoms with E-state index in [4.69, 9.17) is 4.74 Å². The third-order valence-electron chi connectivity index (χ3n) is 5.79. The van der Waals surface area contributed by atoms with E-state index in [0.29, 0.717) is 40.8 Å². The molecule has 12 heteroatoms. The topological polar surface area (TPSA) is 115 Å². The highest BCUT2D eigenvalue weighted by molar-refractivity contribution is 9.10. The number of nitrogens with zero attached hydrogens (tertiary/aromatic N) is 4. The van der Waals surface area contributed by atoms with Gasteiger partial charge in [0.1, 0.15) is 10.6 Å². The molecule has 1 unspecified atom stereocenters. The monoisotopic (exact) mass is 536 g/mol. The fourth-order valence-electron chi connectivity index (χ4n) is 4.05. The first kappa shape index (κ1) is 23.2. The van der Waals surface area contributed by atoms with Crippen molar-refractivity contribution in [2.24, 2.45) is 0 Å². The summed E-state index contributed by atoms with van der Waals surface area (Å²) in [5, 5.41) is 11.8. The van der Waals surface area contributed by atoms with E-state index in [-0.39, 0.29) is 16.1 Å². The van der Waals surface area contributed by atoms with Gasteiger partial charge in [0.05, 0.1) is 23.6 Å². The number of ether oxygens (including phenoxy) is 1. The molecule has 174 valence electrons. The molecule has 1 saturated heterocycles. The molecule has 1 amide bonds. The van der Waals surface area contributed by atoms with Crippen LogP contribution in [0.15, 0.2) is 52.0 Å². The van der Waals surface area contributed by atoms with Crippen molar-refractivity contribution in [2.75, 3.05) is 33.8 Å². The van der Waals surface area contributed by atoms with Crippen molar-refractivity contribution in [3.63, 3.8) is 0 Å². The van der Waals surface area contributed by atoms with E-state index in [1.165, 1.54) is 37.6 Å². The molecule has 0 spiro atoms. The zero-order valence-corrected chi connectivity index (χ0v) is 20.2. The Morgan fingerprint density at radius 3 is 2.61 bits per heavy atom. The van der Waals surface area contributed by atoms with Crippen LogP contribution in [-0.2, 0) is 14.8 Å². The summed E-state index contributed by atoms with van der Waals surface area (Å²) in [6, 6.07) is 8.11. The number of piperazine rings is 1. The lowest BCUT2D eigenvalue weighted by Crippen LogP contribution is -2.46. The van der Waals surface area contributed by atoms with Crippen LogP contribution in [0.4, 0.5) is 5.69 Å². The third-order valence-corrected chi connectivity index (χ3v) is 8.44. The fraction of sp³-hybridized carbons (Fsp3) is 0.286. The maximum absolute atomic E-state index is 13.7. The summed E-state index contributed by atoms with van der Waals surface area (Å²) in [5.41, 5.74) is 0.657. The lowest BCUT2D eigenvalue weighted by Gasteiger charge is -2.37.